The summed E-state index contributed by atoms with van der Waals surface area (Å²) in [5.41, 5.74) is 1.32. The minimum absolute atomic E-state index is 0.0959. The maximum Gasteiger partial charge on any atom is 0.237 e. The Balaban J connectivity index is 1.58. The third-order valence-corrected chi connectivity index (χ3v) is 6.48. The first kappa shape index (κ1) is 15.3. The third-order valence-electron chi connectivity index (χ3n) is 4.56. The van der Waals surface area contributed by atoms with Crippen molar-refractivity contribution in [2.45, 2.75) is 12.5 Å². The van der Waals surface area contributed by atoms with Crippen LogP contribution in [0.15, 0.2) is 29.0 Å². The number of fused-ring (bicyclic) bond motifs is 1. The van der Waals surface area contributed by atoms with Gasteiger partial charge in [-0.1, -0.05) is 6.07 Å². The zero-order valence-electron chi connectivity index (χ0n) is 12.9. The van der Waals surface area contributed by atoms with Crippen molar-refractivity contribution in [3.05, 3.63) is 44.3 Å². The minimum atomic E-state index is 0.0959. The standard InChI is InChI=1S/C17H20N2O2S2/c20-16(12-18-6-8-21-9-7-18)19-5-3-14-13(4-11-23-14)17(19)15-2-1-10-22-15/h1-2,4,10-11,17H,3,5-9,12H2. The summed E-state index contributed by atoms with van der Waals surface area (Å²) in [6.45, 7) is 4.50. The smallest absolute Gasteiger partial charge is 0.237 e. The summed E-state index contributed by atoms with van der Waals surface area (Å²) in [5.74, 6) is 0.238. The third kappa shape index (κ3) is 3.08. The zero-order chi connectivity index (χ0) is 15.6. The number of hydrogen-bond donors (Lipinski definition) is 0. The van der Waals surface area contributed by atoms with E-state index in [-0.39, 0.29) is 11.9 Å². The molecule has 122 valence electrons. The minimum Gasteiger partial charge on any atom is -0.379 e. The first-order valence-corrected chi connectivity index (χ1v) is 9.78. The van der Waals surface area contributed by atoms with Crippen molar-refractivity contribution in [2.24, 2.45) is 0 Å². The second-order valence-electron chi connectivity index (χ2n) is 5.94. The Morgan fingerprint density at radius 2 is 2.04 bits per heavy atom. The van der Waals surface area contributed by atoms with Gasteiger partial charge in [0.05, 0.1) is 25.8 Å². The molecular formula is C17H20N2O2S2. The molecule has 1 amide bonds. The Morgan fingerprint density at radius 3 is 2.83 bits per heavy atom. The van der Waals surface area contributed by atoms with Gasteiger partial charge in [-0.2, -0.15) is 0 Å². The molecule has 6 heteroatoms. The SMILES string of the molecule is O=C(CN1CCOCC1)N1CCc2sccc2C1c1cccs1. The number of nitrogens with zero attached hydrogens (tertiary/aromatic N) is 2. The van der Waals surface area contributed by atoms with Crippen LogP contribution in [0.4, 0.5) is 0 Å². The van der Waals surface area contributed by atoms with Crippen LogP contribution in [0.1, 0.15) is 21.4 Å². The monoisotopic (exact) mass is 348 g/mol. The van der Waals surface area contributed by atoms with Crippen LogP contribution in [0, 0.1) is 0 Å². The van der Waals surface area contributed by atoms with Crippen LogP contribution in [0.2, 0.25) is 0 Å². The fraction of sp³-hybridized carbons (Fsp3) is 0.471. The van der Waals surface area contributed by atoms with Gasteiger partial charge in [-0.05, 0) is 34.9 Å². The Bertz CT molecular complexity index is 662. The lowest BCUT2D eigenvalue weighted by molar-refractivity contribution is -0.135. The average Bonchev–Trinajstić information content (AvgIpc) is 3.26. The molecule has 1 unspecified atom stereocenters. The van der Waals surface area contributed by atoms with Gasteiger partial charge in [-0.3, -0.25) is 9.69 Å². The molecular weight excluding hydrogens is 328 g/mol. The number of ether oxygens (including phenoxy) is 1. The van der Waals surface area contributed by atoms with Crippen LogP contribution >= 0.6 is 22.7 Å². The van der Waals surface area contributed by atoms with Crippen molar-refractivity contribution < 1.29 is 9.53 Å². The molecule has 1 saturated heterocycles. The summed E-state index contributed by atoms with van der Waals surface area (Å²) in [5, 5.41) is 4.25. The van der Waals surface area contributed by atoms with E-state index in [1.807, 2.05) is 11.3 Å². The molecule has 23 heavy (non-hydrogen) atoms. The topological polar surface area (TPSA) is 32.8 Å². The summed E-state index contributed by atoms with van der Waals surface area (Å²) < 4.78 is 5.38. The molecule has 0 bridgehead atoms. The van der Waals surface area contributed by atoms with E-state index in [1.54, 1.807) is 11.3 Å². The predicted octanol–water partition coefficient (Wildman–Crippen LogP) is 2.62. The van der Waals surface area contributed by atoms with E-state index in [2.05, 4.69) is 38.8 Å². The van der Waals surface area contributed by atoms with Crippen LogP contribution in [-0.4, -0.2) is 55.1 Å². The van der Waals surface area contributed by atoms with Crippen molar-refractivity contribution >= 4 is 28.6 Å². The highest BCUT2D eigenvalue weighted by Crippen LogP contribution is 2.39. The highest BCUT2D eigenvalue weighted by atomic mass is 32.1. The van der Waals surface area contributed by atoms with E-state index in [9.17, 15) is 4.79 Å². The number of hydrogen-bond acceptors (Lipinski definition) is 5. The molecule has 0 aliphatic carbocycles. The van der Waals surface area contributed by atoms with Gasteiger partial charge >= 0.3 is 0 Å². The maximum atomic E-state index is 13.0. The highest BCUT2D eigenvalue weighted by Gasteiger charge is 2.33. The zero-order valence-corrected chi connectivity index (χ0v) is 14.6. The number of rotatable bonds is 3. The van der Waals surface area contributed by atoms with Crippen molar-refractivity contribution in [1.29, 1.82) is 0 Å². The molecule has 1 fully saturated rings. The predicted molar refractivity (Wildman–Crippen MR) is 93.2 cm³/mol. The van der Waals surface area contributed by atoms with E-state index in [0.717, 1.165) is 39.3 Å². The molecule has 4 nitrogen and oxygen atoms in total. The Hall–Kier alpha value is -1.21. The highest BCUT2D eigenvalue weighted by molar-refractivity contribution is 7.10. The quantitative estimate of drug-likeness (QED) is 0.855. The molecule has 1 atom stereocenters. The van der Waals surface area contributed by atoms with Gasteiger partial charge in [0.25, 0.3) is 0 Å². The van der Waals surface area contributed by atoms with Gasteiger partial charge in [-0.25, -0.2) is 0 Å². The number of amides is 1. The van der Waals surface area contributed by atoms with Crippen molar-refractivity contribution in [1.82, 2.24) is 9.80 Å². The van der Waals surface area contributed by atoms with Crippen molar-refractivity contribution in [3.8, 4) is 0 Å². The van der Waals surface area contributed by atoms with Crippen LogP contribution in [0.5, 0.6) is 0 Å². The van der Waals surface area contributed by atoms with Crippen molar-refractivity contribution in [3.63, 3.8) is 0 Å². The number of thiophene rings is 2. The van der Waals surface area contributed by atoms with Gasteiger partial charge in [-0.15, -0.1) is 22.7 Å². The van der Waals surface area contributed by atoms with Gasteiger partial charge in [0.15, 0.2) is 0 Å². The van der Waals surface area contributed by atoms with Crippen LogP contribution in [-0.2, 0) is 16.0 Å². The van der Waals surface area contributed by atoms with Crippen LogP contribution in [0.25, 0.3) is 0 Å². The number of carbonyl (C=O) groups is 1. The van der Waals surface area contributed by atoms with Gasteiger partial charge in [0, 0.05) is 29.4 Å². The molecule has 2 aromatic heterocycles. The lowest BCUT2D eigenvalue weighted by Gasteiger charge is -2.37. The van der Waals surface area contributed by atoms with Crippen molar-refractivity contribution in [2.75, 3.05) is 39.4 Å². The lowest BCUT2D eigenvalue weighted by atomic mass is 9.98. The van der Waals surface area contributed by atoms with Gasteiger partial charge in [0.1, 0.15) is 0 Å². The number of morpholine rings is 1. The molecule has 2 aliphatic rings. The Kier molecular flexibility index (Phi) is 4.48. The first-order valence-electron chi connectivity index (χ1n) is 8.02. The molecule has 2 aromatic rings. The first-order chi connectivity index (χ1) is 11.3. The van der Waals surface area contributed by atoms with E-state index in [4.69, 9.17) is 4.74 Å². The van der Waals surface area contributed by atoms with Crippen LogP contribution in [0.3, 0.4) is 0 Å². The van der Waals surface area contributed by atoms with E-state index in [0.29, 0.717) is 6.54 Å². The van der Waals surface area contributed by atoms with E-state index >= 15 is 0 Å². The molecule has 0 saturated carbocycles. The number of carbonyl (C=O) groups excluding carboxylic acids is 1. The molecule has 2 aliphatic heterocycles. The largest absolute Gasteiger partial charge is 0.379 e. The van der Waals surface area contributed by atoms with Crippen LogP contribution < -0.4 is 0 Å². The second kappa shape index (κ2) is 6.73. The Labute approximate surface area is 144 Å². The molecule has 4 rings (SSSR count). The second-order valence-corrected chi connectivity index (χ2v) is 7.92. The average molecular weight is 348 g/mol. The summed E-state index contributed by atoms with van der Waals surface area (Å²) >= 11 is 3.56. The Morgan fingerprint density at radius 1 is 1.17 bits per heavy atom. The van der Waals surface area contributed by atoms with Gasteiger partial charge in [0.2, 0.25) is 5.91 Å². The summed E-state index contributed by atoms with van der Waals surface area (Å²) in [7, 11) is 0. The molecule has 0 spiro atoms. The molecule has 0 radical (unpaired) electrons. The van der Waals surface area contributed by atoms with Gasteiger partial charge < -0.3 is 9.64 Å². The van der Waals surface area contributed by atoms with E-state index in [1.165, 1.54) is 15.3 Å². The molecule has 0 aromatic carbocycles. The molecule has 4 heterocycles. The normalized spacial score (nSPS) is 22.1. The maximum absolute atomic E-state index is 13.0. The molecule has 0 N–H and O–H groups in total. The summed E-state index contributed by atoms with van der Waals surface area (Å²) in [4.78, 5) is 19.9. The lowest BCUT2D eigenvalue weighted by Crippen LogP contribution is -2.47. The van der Waals surface area contributed by atoms with E-state index < -0.39 is 0 Å². The fourth-order valence-electron chi connectivity index (χ4n) is 3.38. The summed E-state index contributed by atoms with van der Waals surface area (Å²) in [6, 6.07) is 6.51. The fourth-order valence-corrected chi connectivity index (χ4v) is 5.14. The summed E-state index contributed by atoms with van der Waals surface area (Å²) in [6.07, 6.45) is 0.976.